The maximum absolute atomic E-state index is 5.91. The van der Waals surface area contributed by atoms with E-state index in [2.05, 4.69) is 15.1 Å². The summed E-state index contributed by atoms with van der Waals surface area (Å²) < 4.78 is 7.64. The van der Waals surface area contributed by atoms with Crippen LogP contribution in [0.2, 0.25) is 0 Å². The first kappa shape index (κ1) is 10.9. The summed E-state index contributed by atoms with van der Waals surface area (Å²) in [6.45, 7) is 0. The Hall–Kier alpha value is -3.02. The molecule has 20 heavy (non-hydrogen) atoms. The molecule has 0 aliphatic heterocycles. The van der Waals surface area contributed by atoms with E-state index in [1.54, 1.807) is 16.8 Å². The van der Waals surface area contributed by atoms with Gasteiger partial charge in [-0.3, -0.25) is 0 Å². The third kappa shape index (κ3) is 1.66. The second-order valence-electron chi connectivity index (χ2n) is 4.50. The van der Waals surface area contributed by atoms with Gasteiger partial charge in [-0.2, -0.15) is 0 Å². The predicted molar refractivity (Wildman–Crippen MR) is 74.5 cm³/mol. The molecule has 6 heteroatoms. The highest BCUT2D eigenvalue weighted by Crippen LogP contribution is 2.24. The fourth-order valence-corrected chi connectivity index (χ4v) is 2.24. The summed E-state index contributed by atoms with van der Waals surface area (Å²) in [4.78, 5) is 7.35. The van der Waals surface area contributed by atoms with Crippen molar-refractivity contribution in [2.75, 3.05) is 5.73 Å². The highest BCUT2D eigenvalue weighted by molar-refractivity contribution is 5.80. The zero-order chi connectivity index (χ0) is 13.5. The summed E-state index contributed by atoms with van der Waals surface area (Å²) in [5.74, 6) is 1.75. The molecule has 0 fully saturated rings. The highest BCUT2D eigenvalue weighted by Gasteiger charge is 2.15. The normalized spacial score (nSPS) is 11.2. The fraction of sp³-hybridized carbons (Fsp3) is 0. The van der Waals surface area contributed by atoms with Gasteiger partial charge in [0.25, 0.3) is 0 Å². The van der Waals surface area contributed by atoms with Crippen molar-refractivity contribution in [3.63, 3.8) is 0 Å². The molecule has 0 atom stereocenters. The number of nitrogens with two attached hydrogens (primary N) is 1. The van der Waals surface area contributed by atoms with Crippen molar-refractivity contribution < 1.29 is 9.25 Å². The number of fused-ring (bicyclic) bond motifs is 2. The molecule has 0 bridgehead atoms. The van der Waals surface area contributed by atoms with E-state index in [1.807, 2.05) is 36.5 Å². The second kappa shape index (κ2) is 3.99. The summed E-state index contributed by atoms with van der Waals surface area (Å²) in [5.41, 5.74) is 7.57. The summed E-state index contributed by atoms with van der Waals surface area (Å²) in [6, 6.07) is 11.4. The van der Waals surface area contributed by atoms with Gasteiger partial charge in [-0.05, 0) is 29.2 Å². The number of H-pyrrole nitrogens is 2. The van der Waals surface area contributed by atoms with E-state index in [0.29, 0.717) is 17.3 Å². The average molecular weight is 266 g/mol. The largest absolute Gasteiger partial charge is 0.421 e. The van der Waals surface area contributed by atoms with Gasteiger partial charge in [-0.1, -0.05) is 4.52 Å². The van der Waals surface area contributed by atoms with Crippen molar-refractivity contribution >= 4 is 22.4 Å². The van der Waals surface area contributed by atoms with Crippen LogP contribution in [0.25, 0.3) is 16.6 Å². The lowest BCUT2D eigenvalue weighted by molar-refractivity contribution is -0.585. The van der Waals surface area contributed by atoms with Crippen LogP contribution in [0.3, 0.4) is 0 Å². The molecule has 4 aromatic rings. The van der Waals surface area contributed by atoms with Gasteiger partial charge in [0, 0.05) is 23.3 Å². The van der Waals surface area contributed by atoms with Crippen molar-refractivity contribution in [3.8, 4) is 11.6 Å². The van der Waals surface area contributed by atoms with Crippen LogP contribution in [0.15, 0.2) is 48.8 Å². The topological polar surface area (TPSA) is 83.8 Å². The maximum Gasteiger partial charge on any atom is 0.353 e. The van der Waals surface area contributed by atoms with Crippen LogP contribution in [-0.4, -0.2) is 15.1 Å². The number of nitrogens with zero attached hydrogens (tertiary/aromatic N) is 2. The van der Waals surface area contributed by atoms with Gasteiger partial charge in [-0.25, -0.2) is 5.10 Å². The van der Waals surface area contributed by atoms with Crippen LogP contribution in [0, 0.1) is 0 Å². The smallest absolute Gasteiger partial charge is 0.353 e. The number of aromatic nitrogens is 4. The second-order valence-corrected chi connectivity index (χ2v) is 4.50. The summed E-state index contributed by atoms with van der Waals surface area (Å²) >= 11 is 0. The minimum atomic E-state index is 0.419. The van der Waals surface area contributed by atoms with Crippen LogP contribution in [0.1, 0.15) is 0 Å². The molecule has 0 spiro atoms. The number of hydrogen-bond acceptors (Lipinski definition) is 3. The summed E-state index contributed by atoms with van der Waals surface area (Å²) in [5, 5.41) is 4.13. The Morgan fingerprint density at radius 2 is 2.05 bits per heavy atom. The van der Waals surface area contributed by atoms with Crippen molar-refractivity contribution in [1.29, 1.82) is 0 Å². The Labute approximate surface area is 113 Å². The molecule has 0 radical (unpaired) electrons. The molecule has 0 aliphatic carbocycles. The van der Waals surface area contributed by atoms with E-state index in [9.17, 15) is 0 Å². The van der Waals surface area contributed by atoms with E-state index < -0.39 is 0 Å². The van der Waals surface area contributed by atoms with Crippen LogP contribution < -0.4 is 15.0 Å². The number of ether oxygens (including phenoxy) is 1. The SMILES string of the molecule is Nc1cc(Oc2ccc3[nH]ccc3c2)[n+]2[nH]ccc2n1. The number of nitrogens with one attached hydrogen (secondary N) is 2. The standard InChI is InChI=1S/C14H11N5O/c15-12-8-14(19-13(18-12)4-6-17-19)20-10-1-2-11-9(7-10)3-5-16-11/h1-8,16H,(H2,15,17,18)/p+1. The van der Waals surface area contributed by atoms with E-state index in [-0.39, 0.29) is 0 Å². The highest BCUT2D eigenvalue weighted by atomic mass is 16.5. The van der Waals surface area contributed by atoms with Gasteiger partial charge in [0.15, 0.2) is 0 Å². The molecule has 98 valence electrons. The molecule has 0 saturated carbocycles. The molecule has 3 heterocycles. The van der Waals surface area contributed by atoms with Gasteiger partial charge in [0.1, 0.15) is 5.75 Å². The van der Waals surface area contributed by atoms with E-state index in [1.165, 1.54) is 0 Å². The fourth-order valence-electron chi connectivity index (χ4n) is 2.24. The lowest BCUT2D eigenvalue weighted by Gasteiger charge is -2.03. The minimum absolute atomic E-state index is 0.419. The molecular weight excluding hydrogens is 254 g/mol. The maximum atomic E-state index is 5.91. The molecule has 6 nitrogen and oxygen atoms in total. The number of benzene rings is 1. The quantitative estimate of drug-likeness (QED) is 0.485. The molecule has 3 aromatic heterocycles. The van der Waals surface area contributed by atoms with Crippen LogP contribution in [0.5, 0.6) is 11.6 Å². The zero-order valence-corrected chi connectivity index (χ0v) is 10.5. The van der Waals surface area contributed by atoms with Gasteiger partial charge >= 0.3 is 11.5 Å². The third-order valence-corrected chi connectivity index (χ3v) is 3.15. The monoisotopic (exact) mass is 266 g/mol. The Kier molecular flexibility index (Phi) is 2.17. The van der Waals surface area contributed by atoms with Crippen molar-refractivity contribution in [1.82, 2.24) is 15.1 Å². The number of anilines is 1. The molecule has 4 N–H and O–H groups in total. The first-order valence-electron chi connectivity index (χ1n) is 6.20. The average Bonchev–Trinajstić information content (AvgIpc) is 3.05. The van der Waals surface area contributed by atoms with Gasteiger partial charge in [0.2, 0.25) is 5.82 Å². The van der Waals surface area contributed by atoms with Gasteiger partial charge < -0.3 is 15.5 Å². The minimum Gasteiger partial charge on any atom is -0.421 e. The Morgan fingerprint density at radius 1 is 1.10 bits per heavy atom. The Balaban J connectivity index is 1.81. The Bertz CT molecular complexity index is 908. The molecule has 1 aromatic carbocycles. The van der Waals surface area contributed by atoms with Gasteiger partial charge in [0.05, 0.1) is 12.1 Å². The van der Waals surface area contributed by atoms with E-state index >= 15 is 0 Å². The summed E-state index contributed by atoms with van der Waals surface area (Å²) in [7, 11) is 0. The third-order valence-electron chi connectivity index (χ3n) is 3.15. The van der Waals surface area contributed by atoms with Crippen LogP contribution in [-0.2, 0) is 0 Å². The molecule has 4 rings (SSSR count). The zero-order valence-electron chi connectivity index (χ0n) is 10.5. The molecule has 0 amide bonds. The van der Waals surface area contributed by atoms with Crippen molar-refractivity contribution in [2.24, 2.45) is 0 Å². The summed E-state index contributed by atoms with van der Waals surface area (Å²) in [6.07, 6.45) is 3.68. The van der Waals surface area contributed by atoms with E-state index in [0.717, 1.165) is 16.7 Å². The van der Waals surface area contributed by atoms with Crippen LogP contribution in [0.4, 0.5) is 5.82 Å². The Morgan fingerprint density at radius 3 is 3.00 bits per heavy atom. The first-order valence-corrected chi connectivity index (χ1v) is 6.20. The lowest BCUT2D eigenvalue weighted by Crippen LogP contribution is -2.26. The first-order chi connectivity index (χ1) is 9.79. The van der Waals surface area contributed by atoms with E-state index in [4.69, 9.17) is 10.5 Å². The predicted octanol–water partition coefficient (Wildman–Crippen LogP) is 2.00. The van der Waals surface area contributed by atoms with Crippen molar-refractivity contribution in [2.45, 2.75) is 0 Å². The molecular formula is C14H12N5O+. The van der Waals surface area contributed by atoms with Crippen molar-refractivity contribution in [3.05, 3.63) is 48.8 Å². The number of rotatable bonds is 2. The molecule has 0 saturated heterocycles. The molecule has 0 aliphatic rings. The lowest BCUT2D eigenvalue weighted by atomic mass is 10.2. The van der Waals surface area contributed by atoms with Gasteiger partial charge in [-0.15, -0.1) is 0 Å². The number of hydrogen-bond donors (Lipinski definition) is 3. The number of nitrogen functional groups attached to an aromatic ring is 1. The number of aromatic amines is 2. The molecule has 0 unspecified atom stereocenters. The van der Waals surface area contributed by atoms with Crippen LogP contribution >= 0.6 is 0 Å².